The Hall–Kier alpha value is -2.68. The maximum Gasteiger partial charge on any atom is 0.222 e. The number of halogens is 1. The van der Waals surface area contributed by atoms with Crippen molar-refractivity contribution >= 4 is 33.2 Å². The van der Waals surface area contributed by atoms with E-state index in [0.717, 1.165) is 46.7 Å². The fourth-order valence-corrected chi connectivity index (χ4v) is 4.61. The van der Waals surface area contributed by atoms with Gasteiger partial charge in [0.05, 0.1) is 0 Å². The monoisotopic (exact) mass is 444 g/mol. The maximum atomic E-state index is 13.4. The summed E-state index contributed by atoms with van der Waals surface area (Å²) in [6.07, 6.45) is 1.49. The number of nitrogens with zero attached hydrogens (tertiary/aromatic N) is 5. The minimum Gasteiger partial charge on any atom is -0.364 e. The number of benzene rings is 1. The van der Waals surface area contributed by atoms with Gasteiger partial charge in [-0.1, -0.05) is 18.3 Å². The predicted molar refractivity (Wildman–Crippen MR) is 123 cm³/mol. The number of hydrogen-bond donors (Lipinski definition) is 1. The molecule has 2 aromatic heterocycles. The zero-order valence-electron chi connectivity index (χ0n) is 18.5. The van der Waals surface area contributed by atoms with Crippen LogP contribution in [0.25, 0.3) is 16.2 Å². The van der Waals surface area contributed by atoms with Crippen LogP contribution in [0, 0.1) is 5.82 Å². The van der Waals surface area contributed by atoms with Crippen molar-refractivity contribution in [1.29, 1.82) is 0 Å². The normalized spacial score (nSPS) is 15.0. The third-order valence-corrected chi connectivity index (χ3v) is 6.14. The van der Waals surface area contributed by atoms with Gasteiger partial charge in [-0.3, -0.25) is 4.79 Å². The molecule has 0 atom stereocenters. The number of carbonyl (C=O) groups is 1. The van der Waals surface area contributed by atoms with Crippen molar-refractivity contribution in [2.45, 2.75) is 46.1 Å². The van der Waals surface area contributed by atoms with E-state index in [0.29, 0.717) is 19.5 Å². The molecule has 3 aromatic rings. The van der Waals surface area contributed by atoms with E-state index < -0.39 is 0 Å². The van der Waals surface area contributed by atoms with Crippen molar-refractivity contribution < 1.29 is 9.18 Å². The number of piperazine rings is 1. The van der Waals surface area contributed by atoms with Crippen LogP contribution in [0.5, 0.6) is 0 Å². The molecule has 0 spiro atoms. The lowest BCUT2D eigenvalue weighted by Gasteiger charge is -2.34. The van der Waals surface area contributed by atoms with E-state index in [4.69, 9.17) is 10.1 Å². The quantitative estimate of drug-likeness (QED) is 0.637. The van der Waals surface area contributed by atoms with Crippen molar-refractivity contribution in [1.82, 2.24) is 19.5 Å². The van der Waals surface area contributed by atoms with Crippen LogP contribution in [0.2, 0.25) is 0 Å². The van der Waals surface area contributed by atoms with Crippen molar-refractivity contribution in [3.05, 3.63) is 30.1 Å². The molecule has 166 valence electrons. The number of imidazole rings is 1. The summed E-state index contributed by atoms with van der Waals surface area (Å²) in [6, 6.07) is 6.37. The highest BCUT2D eigenvalue weighted by molar-refractivity contribution is 7.20. The number of rotatable bonds is 5. The summed E-state index contributed by atoms with van der Waals surface area (Å²) in [5.74, 6) is 0.761. The zero-order valence-corrected chi connectivity index (χ0v) is 19.3. The molecule has 31 heavy (non-hydrogen) atoms. The van der Waals surface area contributed by atoms with Crippen molar-refractivity contribution in [2.75, 3.05) is 36.4 Å². The molecular formula is C22H29FN6OS. The predicted octanol–water partition coefficient (Wildman–Crippen LogP) is 4.26. The van der Waals surface area contributed by atoms with Gasteiger partial charge in [0.25, 0.3) is 0 Å². The minimum absolute atomic E-state index is 0.195. The molecule has 0 unspecified atom stereocenters. The van der Waals surface area contributed by atoms with Crippen molar-refractivity contribution in [3.63, 3.8) is 0 Å². The zero-order chi connectivity index (χ0) is 22.2. The number of nitrogens with one attached hydrogen (secondary N) is 1. The van der Waals surface area contributed by atoms with Crippen LogP contribution in [-0.2, 0) is 4.79 Å². The summed E-state index contributed by atoms with van der Waals surface area (Å²) in [5, 5.41) is 9.26. The molecule has 1 aliphatic rings. The molecule has 1 amide bonds. The summed E-state index contributed by atoms with van der Waals surface area (Å²) in [5.41, 5.74) is 1.41. The molecule has 4 rings (SSSR count). The summed E-state index contributed by atoms with van der Waals surface area (Å²) in [7, 11) is 0. The van der Waals surface area contributed by atoms with Crippen LogP contribution in [0.15, 0.2) is 24.3 Å². The van der Waals surface area contributed by atoms with Gasteiger partial charge in [0, 0.05) is 43.7 Å². The van der Waals surface area contributed by atoms with E-state index in [1.807, 2.05) is 16.3 Å². The summed E-state index contributed by atoms with van der Waals surface area (Å²) < 4.78 is 15.3. The lowest BCUT2D eigenvalue weighted by atomic mass is 10.1. The first-order chi connectivity index (χ1) is 14.7. The number of anilines is 2. The van der Waals surface area contributed by atoms with Crippen molar-refractivity contribution in [3.8, 4) is 11.3 Å². The van der Waals surface area contributed by atoms with E-state index in [1.54, 1.807) is 12.1 Å². The molecule has 1 aromatic carbocycles. The molecule has 7 nitrogen and oxygen atoms in total. The molecule has 1 fully saturated rings. The molecule has 0 radical (unpaired) electrons. The third-order valence-electron chi connectivity index (χ3n) is 5.17. The van der Waals surface area contributed by atoms with Gasteiger partial charge in [0.1, 0.15) is 11.5 Å². The summed E-state index contributed by atoms with van der Waals surface area (Å²) in [6.45, 7) is 11.2. The molecule has 0 saturated carbocycles. The Labute approximate surface area is 185 Å². The van der Waals surface area contributed by atoms with Gasteiger partial charge in [-0.25, -0.2) is 9.37 Å². The maximum absolute atomic E-state index is 13.4. The molecule has 9 heteroatoms. The fourth-order valence-electron chi connectivity index (χ4n) is 3.66. The van der Waals surface area contributed by atoms with E-state index in [2.05, 4.69) is 31.0 Å². The number of hydrogen-bond acceptors (Lipinski definition) is 6. The first kappa shape index (κ1) is 21.5. The fraction of sp³-hybridized carbons (Fsp3) is 0.500. The second-order valence-electron chi connectivity index (χ2n) is 8.89. The van der Waals surface area contributed by atoms with Crippen molar-refractivity contribution in [2.24, 2.45) is 0 Å². The first-order valence-corrected chi connectivity index (χ1v) is 11.5. The highest BCUT2D eigenvalue weighted by atomic mass is 32.1. The lowest BCUT2D eigenvalue weighted by molar-refractivity contribution is -0.131. The molecule has 0 aliphatic carbocycles. The smallest absolute Gasteiger partial charge is 0.222 e. The second kappa shape index (κ2) is 8.45. The SMILES string of the molecule is CCCC(=O)N1CCN(c2nn3c(NC(C)(C)C)c(-c4ccc(F)cc4)nc3s2)CC1. The number of carbonyl (C=O) groups excluding carboxylic acids is 1. The largest absolute Gasteiger partial charge is 0.364 e. The molecule has 3 heterocycles. The molecule has 1 saturated heterocycles. The average Bonchev–Trinajstić information content (AvgIpc) is 3.27. The Bertz CT molecular complexity index is 1060. The van der Waals surface area contributed by atoms with E-state index in [9.17, 15) is 9.18 Å². The topological polar surface area (TPSA) is 65.8 Å². The van der Waals surface area contributed by atoms with Crippen LogP contribution < -0.4 is 10.2 Å². The van der Waals surface area contributed by atoms with Gasteiger partial charge in [-0.2, -0.15) is 4.52 Å². The Morgan fingerprint density at radius 3 is 2.45 bits per heavy atom. The Morgan fingerprint density at radius 2 is 1.84 bits per heavy atom. The van der Waals surface area contributed by atoms with Gasteiger partial charge in [-0.05, 0) is 51.5 Å². The highest BCUT2D eigenvalue weighted by Gasteiger charge is 2.26. The summed E-state index contributed by atoms with van der Waals surface area (Å²) >= 11 is 1.53. The van der Waals surface area contributed by atoms with Gasteiger partial charge < -0.3 is 15.1 Å². The second-order valence-corrected chi connectivity index (χ2v) is 9.82. The standard InChI is InChI=1S/C22H29FN6OS/c1-5-6-17(30)27-11-13-28(14-12-27)21-26-29-19(25-22(2,3)4)18(24-20(29)31-21)15-7-9-16(23)10-8-15/h7-10,25H,5-6,11-14H2,1-4H3. The van der Waals surface area contributed by atoms with E-state index >= 15 is 0 Å². The summed E-state index contributed by atoms with van der Waals surface area (Å²) in [4.78, 5) is 21.9. The van der Waals surface area contributed by atoms with Crippen LogP contribution >= 0.6 is 11.3 Å². The first-order valence-electron chi connectivity index (χ1n) is 10.7. The molecule has 0 bridgehead atoms. The Morgan fingerprint density at radius 1 is 1.16 bits per heavy atom. The third kappa shape index (κ3) is 4.66. The Balaban J connectivity index is 1.62. The van der Waals surface area contributed by atoms with Crippen LogP contribution in [0.3, 0.4) is 0 Å². The van der Waals surface area contributed by atoms with Crippen LogP contribution in [-0.4, -0.2) is 57.1 Å². The number of amides is 1. The number of fused-ring (bicyclic) bond motifs is 1. The lowest BCUT2D eigenvalue weighted by Crippen LogP contribution is -2.48. The van der Waals surface area contributed by atoms with Crippen LogP contribution in [0.4, 0.5) is 15.3 Å². The molecule has 1 N–H and O–H groups in total. The van der Waals surface area contributed by atoms with E-state index in [1.165, 1.54) is 23.5 Å². The minimum atomic E-state index is -0.271. The van der Waals surface area contributed by atoms with Gasteiger partial charge >= 0.3 is 0 Å². The van der Waals surface area contributed by atoms with Crippen LogP contribution in [0.1, 0.15) is 40.5 Å². The average molecular weight is 445 g/mol. The van der Waals surface area contributed by atoms with E-state index in [-0.39, 0.29) is 17.3 Å². The number of aromatic nitrogens is 3. The Kier molecular flexibility index (Phi) is 5.88. The molecular weight excluding hydrogens is 415 g/mol. The van der Waals surface area contributed by atoms with Gasteiger partial charge in [-0.15, -0.1) is 5.10 Å². The van der Waals surface area contributed by atoms with Gasteiger partial charge in [0.2, 0.25) is 16.0 Å². The highest BCUT2D eigenvalue weighted by Crippen LogP contribution is 2.35. The molecule has 1 aliphatic heterocycles. The van der Waals surface area contributed by atoms with Gasteiger partial charge in [0.15, 0.2) is 5.82 Å².